The summed E-state index contributed by atoms with van der Waals surface area (Å²) in [5.41, 5.74) is 10.8. The van der Waals surface area contributed by atoms with Gasteiger partial charge < -0.3 is 10.3 Å². The van der Waals surface area contributed by atoms with E-state index in [0.29, 0.717) is 11.7 Å². The normalized spacial score (nSPS) is 11.4. The van der Waals surface area contributed by atoms with Crippen LogP contribution in [0.25, 0.3) is 22.4 Å². The smallest absolute Gasteiger partial charge is 0.143 e. The maximum Gasteiger partial charge on any atom is 0.143 e. The Hall–Kier alpha value is -2.36. The number of rotatable bonds is 2. The Morgan fingerprint density at radius 1 is 1.15 bits per heavy atom. The average Bonchev–Trinajstić information content (AvgIpc) is 2.77. The number of nitrogens with zero attached hydrogens (tertiary/aromatic N) is 3. The molecule has 0 bridgehead atoms. The van der Waals surface area contributed by atoms with Crippen LogP contribution in [0.5, 0.6) is 0 Å². The van der Waals surface area contributed by atoms with Crippen molar-refractivity contribution >= 4 is 16.7 Å². The Labute approximate surface area is 118 Å². The number of aryl methyl sites for hydroxylation is 1. The molecule has 0 spiro atoms. The molecule has 0 aliphatic rings. The van der Waals surface area contributed by atoms with Crippen molar-refractivity contribution in [2.75, 3.05) is 5.73 Å². The van der Waals surface area contributed by atoms with Crippen LogP contribution in [0.1, 0.15) is 25.5 Å². The van der Waals surface area contributed by atoms with E-state index in [2.05, 4.69) is 48.5 Å². The minimum absolute atomic E-state index is 0.319. The number of pyridine rings is 1. The first-order chi connectivity index (χ1) is 9.56. The molecular weight excluding hydrogens is 248 g/mol. The summed E-state index contributed by atoms with van der Waals surface area (Å²) in [7, 11) is 0. The number of nitrogens with two attached hydrogens (primary N) is 1. The van der Waals surface area contributed by atoms with Gasteiger partial charge in [-0.05, 0) is 44.5 Å². The van der Waals surface area contributed by atoms with Crippen LogP contribution in [0.3, 0.4) is 0 Å². The second kappa shape index (κ2) is 4.63. The van der Waals surface area contributed by atoms with E-state index in [9.17, 15) is 0 Å². The molecule has 3 rings (SSSR count). The molecule has 0 saturated heterocycles. The molecule has 102 valence electrons. The van der Waals surface area contributed by atoms with Crippen LogP contribution in [0, 0.1) is 6.92 Å². The second-order valence-corrected chi connectivity index (χ2v) is 5.40. The summed E-state index contributed by atoms with van der Waals surface area (Å²) < 4.78 is 2.23. The van der Waals surface area contributed by atoms with Gasteiger partial charge >= 0.3 is 0 Å². The summed E-state index contributed by atoms with van der Waals surface area (Å²) in [4.78, 5) is 8.94. The quantitative estimate of drug-likeness (QED) is 0.771. The Balaban J connectivity index is 2.32. The molecule has 4 nitrogen and oxygen atoms in total. The van der Waals surface area contributed by atoms with Gasteiger partial charge in [-0.25, -0.2) is 4.98 Å². The van der Waals surface area contributed by atoms with Gasteiger partial charge in [0.15, 0.2) is 0 Å². The Kier molecular flexibility index (Phi) is 2.93. The molecule has 4 heteroatoms. The molecule has 20 heavy (non-hydrogen) atoms. The number of hydrogen-bond acceptors (Lipinski definition) is 3. The van der Waals surface area contributed by atoms with Gasteiger partial charge in [0.1, 0.15) is 5.82 Å². The van der Waals surface area contributed by atoms with Crippen LogP contribution in [-0.4, -0.2) is 14.5 Å². The standard InChI is InChI=1S/C16H18N4/c1-10(2)20-15-5-4-11(3)6-14(15)19-16(20)12-7-13(17)9-18-8-12/h4-10H,17H2,1-3H3. The fraction of sp³-hybridized carbons (Fsp3) is 0.250. The van der Waals surface area contributed by atoms with E-state index in [1.165, 1.54) is 5.56 Å². The van der Waals surface area contributed by atoms with E-state index in [4.69, 9.17) is 10.7 Å². The fourth-order valence-electron chi connectivity index (χ4n) is 2.52. The van der Waals surface area contributed by atoms with Gasteiger partial charge in [0, 0.05) is 24.0 Å². The van der Waals surface area contributed by atoms with Gasteiger partial charge in [0.05, 0.1) is 16.7 Å². The molecule has 0 fully saturated rings. The van der Waals surface area contributed by atoms with Gasteiger partial charge in [0.2, 0.25) is 0 Å². The first-order valence-electron chi connectivity index (χ1n) is 6.76. The summed E-state index contributed by atoms with van der Waals surface area (Å²) in [6.07, 6.45) is 3.46. The maximum absolute atomic E-state index is 5.84. The summed E-state index contributed by atoms with van der Waals surface area (Å²) >= 11 is 0. The molecule has 2 heterocycles. The predicted molar refractivity (Wildman–Crippen MR) is 82.5 cm³/mol. The van der Waals surface area contributed by atoms with Crippen molar-refractivity contribution in [1.82, 2.24) is 14.5 Å². The molecular formula is C16H18N4. The van der Waals surface area contributed by atoms with Crippen molar-refractivity contribution in [3.05, 3.63) is 42.2 Å². The number of fused-ring (bicyclic) bond motifs is 1. The Bertz CT molecular complexity index is 771. The molecule has 0 radical (unpaired) electrons. The third-order valence-electron chi connectivity index (χ3n) is 3.38. The largest absolute Gasteiger partial charge is 0.397 e. The molecule has 2 N–H and O–H groups in total. The molecule has 0 unspecified atom stereocenters. The number of benzene rings is 1. The Morgan fingerprint density at radius 2 is 1.95 bits per heavy atom. The lowest BCUT2D eigenvalue weighted by Gasteiger charge is -2.13. The van der Waals surface area contributed by atoms with Crippen molar-refractivity contribution < 1.29 is 0 Å². The third-order valence-corrected chi connectivity index (χ3v) is 3.38. The SMILES string of the molecule is Cc1ccc2c(c1)nc(-c1cncc(N)c1)n2C(C)C. The molecule has 0 aliphatic carbocycles. The van der Waals surface area contributed by atoms with E-state index in [-0.39, 0.29) is 0 Å². The monoisotopic (exact) mass is 266 g/mol. The van der Waals surface area contributed by atoms with Crippen molar-refractivity contribution in [1.29, 1.82) is 0 Å². The third kappa shape index (κ3) is 2.03. The summed E-state index contributed by atoms with van der Waals surface area (Å²) in [6.45, 7) is 6.39. The first kappa shape index (κ1) is 12.7. The second-order valence-electron chi connectivity index (χ2n) is 5.40. The molecule has 3 aromatic rings. The van der Waals surface area contributed by atoms with Gasteiger partial charge in [-0.15, -0.1) is 0 Å². The molecule has 0 aliphatic heterocycles. The summed E-state index contributed by atoms with van der Waals surface area (Å²) in [6, 6.07) is 8.59. The predicted octanol–water partition coefficient (Wildman–Crippen LogP) is 3.57. The topological polar surface area (TPSA) is 56.7 Å². The maximum atomic E-state index is 5.84. The van der Waals surface area contributed by atoms with Crippen molar-refractivity contribution in [3.8, 4) is 11.4 Å². The molecule has 0 amide bonds. The zero-order valence-electron chi connectivity index (χ0n) is 12.0. The van der Waals surface area contributed by atoms with Crippen LogP contribution in [-0.2, 0) is 0 Å². The fourth-order valence-corrected chi connectivity index (χ4v) is 2.52. The van der Waals surface area contributed by atoms with Crippen LogP contribution in [0.15, 0.2) is 36.7 Å². The van der Waals surface area contributed by atoms with Crippen LogP contribution in [0.4, 0.5) is 5.69 Å². The number of aromatic nitrogens is 3. The lowest BCUT2D eigenvalue weighted by molar-refractivity contribution is 0.624. The van der Waals surface area contributed by atoms with Crippen molar-refractivity contribution in [3.63, 3.8) is 0 Å². The van der Waals surface area contributed by atoms with Crippen molar-refractivity contribution in [2.45, 2.75) is 26.8 Å². The summed E-state index contributed by atoms with van der Waals surface area (Å²) in [5, 5.41) is 0. The molecule has 1 aromatic carbocycles. The van der Waals surface area contributed by atoms with Gasteiger partial charge in [-0.3, -0.25) is 4.98 Å². The van der Waals surface area contributed by atoms with Crippen LogP contribution < -0.4 is 5.73 Å². The van der Waals surface area contributed by atoms with Gasteiger partial charge in [-0.2, -0.15) is 0 Å². The first-order valence-corrected chi connectivity index (χ1v) is 6.76. The number of nitrogen functional groups attached to an aromatic ring is 1. The van der Waals surface area contributed by atoms with E-state index in [1.54, 1.807) is 6.20 Å². The van der Waals surface area contributed by atoms with Gasteiger partial charge in [0.25, 0.3) is 0 Å². The highest BCUT2D eigenvalue weighted by atomic mass is 15.1. The van der Waals surface area contributed by atoms with Crippen LogP contribution in [0.2, 0.25) is 0 Å². The van der Waals surface area contributed by atoms with E-state index in [0.717, 1.165) is 22.4 Å². The minimum Gasteiger partial charge on any atom is -0.397 e. The number of hydrogen-bond donors (Lipinski definition) is 1. The highest BCUT2D eigenvalue weighted by Crippen LogP contribution is 2.29. The lowest BCUT2D eigenvalue weighted by Crippen LogP contribution is -2.03. The van der Waals surface area contributed by atoms with Gasteiger partial charge in [-0.1, -0.05) is 6.07 Å². The van der Waals surface area contributed by atoms with E-state index >= 15 is 0 Å². The molecule has 0 saturated carbocycles. The number of anilines is 1. The number of imidazole rings is 1. The lowest BCUT2D eigenvalue weighted by atomic mass is 10.2. The van der Waals surface area contributed by atoms with E-state index in [1.807, 2.05) is 12.3 Å². The van der Waals surface area contributed by atoms with Crippen molar-refractivity contribution in [2.24, 2.45) is 0 Å². The zero-order valence-corrected chi connectivity index (χ0v) is 12.0. The zero-order chi connectivity index (χ0) is 14.3. The highest BCUT2D eigenvalue weighted by molar-refractivity contribution is 5.81. The molecule has 2 aromatic heterocycles. The summed E-state index contributed by atoms with van der Waals surface area (Å²) in [5.74, 6) is 0.917. The molecule has 0 atom stereocenters. The minimum atomic E-state index is 0.319. The van der Waals surface area contributed by atoms with E-state index < -0.39 is 0 Å². The highest BCUT2D eigenvalue weighted by Gasteiger charge is 2.15. The average molecular weight is 266 g/mol. The Morgan fingerprint density at radius 3 is 2.65 bits per heavy atom. The van der Waals surface area contributed by atoms with Crippen LogP contribution >= 0.6 is 0 Å².